The Hall–Kier alpha value is -3.76. The summed E-state index contributed by atoms with van der Waals surface area (Å²) in [5.41, 5.74) is 4.54. The van der Waals surface area contributed by atoms with Gasteiger partial charge < -0.3 is 20.3 Å². The van der Waals surface area contributed by atoms with Crippen molar-refractivity contribution in [2.45, 2.75) is 18.4 Å². The van der Waals surface area contributed by atoms with Crippen LogP contribution in [0.3, 0.4) is 0 Å². The van der Waals surface area contributed by atoms with E-state index in [2.05, 4.69) is 27.8 Å². The van der Waals surface area contributed by atoms with Crippen LogP contribution in [-0.2, 0) is 9.53 Å². The van der Waals surface area contributed by atoms with Crippen molar-refractivity contribution in [3.8, 4) is 11.1 Å². The van der Waals surface area contributed by atoms with Crippen LogP contribution in [0.4, 0.5) is 9.93 Å². The van der Waals surface area contributed by atoms with Crippen molar-refractivity contribution in [1.29, 1.82) is 0 Å². The Morgan fingerprint density at radius 3 is 2.33 bits per heavy atom. The fraction of sp³-hybridized carbons (Fsp3) is 0.217. The number of rotatable bonds is 8. The number of hydrogen-bond donors (Lipinski definition) is 4. The molecule has 1 atom stereocenters. The lowest BCUT2D eigenvalue weighted by molar-refractivity contribution is -0.146. The lowest BCUT2D eigenvalue weighted by Gasteiger charge is -2.14. The van der Waals surface area contributed by atoms with Crippen LogP contribution in [0.1, 0.15) is 34.0 Å². The van der Waals surface area contributed by atoms with Crippen LogP contribution < -0.4 is 10.6 Å². The van der Waals surface area contributed by atoms with Crippen molar-refractivity contribution < 1.29 is 29.3 Å². The minimum Gasteiger partial charge on any atom is -0.479 e. The van der Waals surface area contributed by atoms with Crippen molar-refractivity contribution in [3.05, 3.63) is 70.7 Å². The lowest BCUT2D eigenvalue weighted by Crippen LogP contribution is -2.30. The summed E-state index contributed by atoms with van der Waals surface area (Å²) in [5, 5.41) is 24.5. The van der Waals surface area contributed by atoms with Crippen molar-refractivity contribution in [1.82, 2.24) is 10.3 Å². The van der Waals surface area contributed by atoms with Gasteiger partial charge in [0.05, 0.1) is 0 Å². The largest absolute Gasteiger partial charge is 0.479 e. The van der Waals surface area contributed by atoms with E-state index in [9.17, 15) is 19.5 Å². The van der Waals surface area contributed by atoms with Crippen LogP contribution in [0.15, 0.2) is 53.9 Å². The fourth-order valence-electron chi connectivity index (χ4n) is 3.69. The smallest absolute Gasteiger partial charge is 0.413 e. The second-order valence-corrected chi connectivity index (χ2v) is 8.25. The molecule has 0 unspecified atom stereocenters. The molecule has 0 bridgehead atoms. The minimum atomic E-state index is -1.55. The molecule has 1 aliphatic carbocycles. The maximum atomic E-state index is 12.3. The normalized spacial score (nSPS) is 13.0. The molecule has 0 radical (unpaired) electrons. The highest BCUT2D eigenvalue weighted by atomic mass is 32.1. The number of carboxylic acids is 1. The lowest BCUT2D eigenvalue weighted by atomic mass is 9.98. The maximum absolute atomic E-state index is 12.3. The molecule has 1 heterocycles. The van der Waals surface area contributed by atoms with E-state index >= 15 is 0 Å². The second kappa shape index (κ2) is 9.80. The minimum absolute atomic E-state index is 0.0288. The first kappa shape index (κ1) is 22.4. The number of carboxylic acid groups (broad SMARTS) is 1. The number of nitrogens with one attached hydrogen (secondary N) is 2. The maximum Gasteiger partial charge on any atom is 0.413 e. The highest BCUT2D eigenvalue weighted by molar-refractivity contribution is 7.14. The Balaban J connectivity index is 1.31. The van der Waals surface area contributed by atoms with Crippen LogP contribution in [-0.4, -0.2) is 52.4 Å². The van der Waals surface area contributed by atoms with Crippen molar-refractivity contribution >= 4 is 34.4 Å². The third-order valence-corrected chi connectivity index (χ3v) is 6.04. The number of anilines is 1. The van der Waals surface area contributed by atoms with E-state index in [1.54, 1.807) is 0 Å². The van der Waals surface area contributed by atoms with Gasteiger partial charge in [0.15, 0.2) is 11.2 Å². The van der Waals surface area contributed by atoms with Gasteiger partial charge in [0, 0.05) is 24.3 Å². The number of carbonyl (C=O) groups excluding carboxylic acids is 2. The first-order valence-corrected chi connectivity index (χ1v) is 11.1. The average Bonchev–Trinajstić information content (AvgIpc) is 3.40. The molecule has 3 aromatic rings. The molecular weight excluding hydrogens is 446 g/mol. The third kappa shape index (κ3) is 5.02. The van der Waals surface area contributed by atoms with E-state index in [0.717, 1.165) is 33.6 Å². The van der Waals surface area contributed by atoms with Crippen molar-refractivity contribution in [2.24, 2.45) is 0 Å². The monoisotopic (exact) mass is 467 g/mol. The van der Waals surface area contributed by atoms with E-state index in [1.807, 2.05) is 36.4 Å². The summed E-state index contributed by atoms with van der Waals surface area (Å²) < 4.78 is 5.46. The number of carbonyl (C=O) groups is 3. The number of thiazole rings is 1. The number of hydrogen-bond acceptors (Lipinski definition) is 7. The van der Waals surface area contributed by atoms with Crippen LogP contribution in [0.25, 0.3) is 11.1 Å². The van der Waals surface area contributed by atoms with Gasteiger partial charge in [-0.3, -0.25) is 10.1 Å². The molecular formula is C23H21N3O6S. The molecule has 1 aliphatic rings. The van der Waals surface area contributed by atoms with E-state index in [1.165, 1.54) is 5.38 Å². The SMILES string of the molecule is O=C(Nc1nc(C(=O)NCC[C@H](O)C(=O)O)cs1)OCC1c2ccccc2-c2ccccc21. The number of fused-ring (bicyclic) bond motifs is 3. The topological polar surface area (TPSA) is 138 Å². The Morgan fingerprint density at radius 1 is 1.06 bits per heavy atom. The predicted molar refractivity (Wildman–Crippen MR) is 121 cm³/mol. The van der Waals surface area contributed by atoms with Crippen LogP contribution in [0, 0.1) is 0 Å². The number of aliphatic hydroxyl groups is 1. The zero-order valence-corrected chi connectivity index (χ0v) is 18.2. The van der Waals surface area contributed by atoms with Crippen LogP contribution in [0.5, 0.6) is 0 Å². The highest BCUT2D eigenvalue weighted by Crippen LogP contribution is 2.44. The number of aliphatic hydroxyl groups excluding tert-OH is 1. The van der Waals surface area contributed by atoms with E-state index < -0.39 is 24.1 Å². The summed E-state index contributed by atoms with van der Waals surface area (Å²) in [6.45, 7) is 0.128. The molecule has 0 saturated carbocycles. The van der Waals surface area contributed by atoms with Gasteiger partial charge >= 0.3 is 12.1 Å². The Morgan fingerprint density at radius 2 is 1.70 bits per heavy atom. The number of aliphatic carboxylic acids is 1. The Kier molecular flexibility index (Phi) is 6.66. The molecule has 2 aromatic carbocycles. The first-order chi connectivity index (χ1) is 15.9. The molecule has 10 heteroatoms. The molecule has 33 heavy (non-hydrogen) atoms. The quantitative estimate of drug-likeness (QED) is 0.399. The van der Waals surface area contributed by atoms with Gasteiger partial charge in [0.25, 0.3) is 5.91 Å². The number of benzene rings is 2. The Bertz CT molecular complexity index is 1150. The van der Waals surface area contributed by atoms with Gasteiger partial charge in [-0.1, -0.05) is 48.5 Å². The standard InChI is InChI=1S/C23H21N3O6S/c27-19(21(29)30)9-10-24-20(28)18-12-33-22(25-18)26-23(31)32-11-17-15-7-3-1-5-13(15)14-6-2-4-8-16(14)17/h1-8,12,17,19,27H,9-11H2,(H,24,28)(H,29,30)(H,25,26,31)/t19-/m0/s1. The molecule has 0 spiro atoms. The zero-order chi connectivity index (χ0) is 23.4. The average molecular weight is 468 g/mol. The molecule has 0 aliphatic heterocycles. The van der Waals surface area contributed by atoms with Gasteiger partial charge in [-0.05, 0) is 22.3 Å². The zero-order valence-electron chi connectivity index (χ0n) is 17.4. The number of nitrogens with zero attached hydrogens (tertiary/aromatic N) is 1. The van der Waals surface area contributed by atoms with E-state index in [4.69, 9.17) is 9.84 Å². The van der Waals surface area contributed by atoms with E-state index in [-0.39, 0.29) is 36.3 Å². The molecule has 4 N–H and O–H groups in total. The Labute approximate surface area is 193 Å². The summed E-state index contributed by atoms with van der Waals surface area (Å²) >= 11 is 1.06. The van der Waals surface area contributed by atoms with Crippen LogP contribution in [0.2, 0.25) is 0 Å². The highest BCUT2D eigenvalue weighted by Gasteiger charge is 2.29. The molecule has 0 fully saturated rings. The number of amides is 2. The molecule has 4 rings (SSSR count). The summed E-state index contributed by atoms with van der Waals surface area (Å²) in [7, 11) is 0. The van der Waals surface area contributed by atoms with Gasteiger partial charge in [0.1, 0.15) is 12.3 Å². The molecule has 1 aromatic heterocycles. The predicted octanol–water partition coefficient (Wildman–Crippen LogP) is 3.07. The third-order valence-electron chi connectivity index (χ3n) is 5.28. The van der Waals surface area contributed by atoms with Crippen molar-refractivity contribution in [3.63, 3.8) is 0 Å². The number of aromatic nitrogens is 1. The molecule has 9 nitrogen and oxygen atoms in total. The van der Waals surface area contributed by atoms with Crippen LogP contribution >= 0.6 is 11.3 Å². The summed E-state index contributed by atoms with van der Waals surface area (Å²) in [5.74, 6) is -1.96. The van der Waals surface area contributed by atoms with Gasteiger partial charge in [-0.25, -0.2) is 14.6 Å². The van der Waals surface area contributed by atoms with Gasteiger partial charge in [0.2, 0.25) is 0 Å². The van der Waals surface area contributed by atoms with Crippen molar-refractivity contribution in [2.75, 3.05) is 18.5 Å². The summed E-state index contributed by atoms with van der Waals surface area (Å²) in [4.78, 5) is 39.1. The fourth-order valence-corrected chi connectivity index (χ4v) is 4.37. The summed E-state index contributed by atoms with van der Waals surface area (Å²) in [6, 6.07) is 16.1. The molecule has 2 amide bonds. The molecule has 0 saturated heterocycles. The summed E-state index contributed by atoms with van der Waals surface area (Å²) in [6.07, 6.45) is -2.36. The van der Waals surface area contributed by atoms with E-state index in [0.29, 0.717) is 0 Å². The molecule has 170 valence electrons. The van der Waals surface area contributed by atoms with Gasteiger partial charge in [-0.15, -0.1) is 11.3 Å². The number of ether oxygens (including phenoxy) is 1. The first-order valence-electron chi connectivity index (χ1n) is 10.2. The van der Waals surface area contributed by atoms with Gasteiger partial charge in [-0.2, -0.15) is 0 Å². The second-order valence-electron chi connectivity index (χ2n) is 7.39.